The largest absolute Gasteiger partial charge is 0.341 e. The maximum Gasteiger partial charge on any atom is 0.270 e. The van der Waals surface area contributed by atoms with Crippen LogP contribution in [0.3, 0.4) is 0 Å². The molecule has 0 fully saturated rings. The Labute approximate surface area is 157 Å². The summed E-state index contributed by atoms with van der Waals surface area (Å²) < 4.78 is 2.02. The molecule has 0 bridgehead atoms. The third-order valence-corrected chi connectivity index (χ3v) is 5.04. The van der Waals surface area contributed by atoms with Gasteiger partial charge >= 0.3 is 0 Å². The van der Waals surface area contributed by atoms with Crippen LogP contribution in [0.2, 0.25) is 5.02 Å². The summed E-state index contributed by atoms with van der Waals surface area (Å²) in [5.74, 6) is 0.892. The van der Waals surface area contributed by atoms with Gasteiger partial charge in [-0.05, 0) is 50.2 Å². The monoisotopic (exact) mass is 368 g/mol. The number of benzene rings is 1. The number of hydrogen-bond donors (Lipinski definition) is 1. The summed E-state index contributed by atoms with van der Waals surface area (Å²) in [6, 6.07) is 11.7. The van der Waals surface area contributed by atoms with Crippen LogP contribution in [0.25, 0.3) is 11.4 Å². The SMILES string of the molecule is CC(C)n1cccc1C(=O)N1CCc2nc(-c3ccc(Cl)cc3)[nH]c2C1. The van der Waals surface area contributed by atoms with E-state index >= 15 is 0 Å². The molecule has 1 aromatic carbocycles. The molecular formula is C20H21ClN4O. The average Bonchev–Trinajstić information content (AvgIpc) is 3.28. The van der Waals surface area contributed by atoms with Gasteiger partial charge < -0.3 is 14.5 Å². The van der Waals surface area contributed by atoms with Crippen LogP contribution in [0.5, 0.6) is 0 Å². The summed E-state index contributed by atoms with van der Waals surface area (Å²) in [7, 11) is 0. The number of rotatable bonds is 3. The molecule has 1 aliphatic rings. The number of amides is 1. The lowest BCUT2D eigenvalue weighted by Gasteiger charge is -2.27. The van der Waals surface area contributed by atoms with Crippen molar-refractivity contribution < 1.29 is 4.79 Å². The second kappa shape index (κ2) is 6.65. The van der Waals surface area contributed by atoms with E-state index in [-0.39, 0.29) is 11.9 Å². The highest BCUT2D eigenvalue weighted by atomic mass is 35.5. The molecular weight excluding hydrogens is 348 g/mol. The summed E-state index contributed by atoms with van der Waals surface area (Å²) in [6.45, 7) is 5.40. The van der Waals surface area contributed by atoms with Gasteiger partial charge in [-0.1, -0.05) is 11.6 Å². The van der Waals surface area contributed by atoms with Crippen LogP contribution in [-0.2, 0) is 13.0 Å². The van der Waals surface area contributed by atoms with Crippen molar-refractivity contribution in [1.82, 2.24) is 19.4 Å². The molecule has 26 heavy (non-hydrogen) atoms. The number of nitrogens with zero attached hydrogens (tertiary/aromatic N) is 3. The van der Waals surface area contributed by atoms with Crippen molar-refractivity contribution in [3.63, 3.8) is 0 Å². The van der Waals surface area contributed by atoms with Crippen molar-refractivity contribution in [2.45, 2.75) is 32.9 Å². The lowest BCUT2D eigenvalue weighted by molar-refractivity contribution is 0.0719. The zero-order chi connectivity index (χ0) is 18.3. The topological polar surface area (TPSA) is 53.9 Å². The van der Waals surface area contributed by atoms with Gasteiger partial charge in [0, 0.05) is 35.8 Å². The number of halogens is 1. The first-order valence-electron chi connectivity index (χ1n) is 8.82. The van der Waals surface area contributed by atoms with Crippen molar-refractivity contribution in [3.05, 3.63) is 64.7 Å². The second-order valence-electron chi connectivity index (χ2n) is 6.89. The minimum Gasteiger partial charge on any atom is -0.341 e. The fraction of sp³-hybridized carbons (Fsp3) is 0.300. The number of imidazole rings is 1. The van der Waals surface area contributed by atoms with Crippen molar-refractivity contribution in [3.8, 4) is 11.4 Å². The molecule has 0 aliphatic carbocycles. The highest BCUT2D eigenvalue weighted by Gasteiger charge is 2.26. The zero-order valence-electron chi connectivity index (χ0n) is 14.9. The van der Waals surface area contributed by atoms with Crippen molar-refractivity contribution in [1.29, 1.82) is 0 Å². The molecule has 4 rings (SSSR count). The molecule has 0 saturated heterocycles. The Bertz CT molecular complexity index is 939. The highest BCUT2D eigenvalue weighted by molar-refractivity contribution is 6.30. The maximum atomic E-state index is 13.0. The van der Waals surface area contributed by atoms with E-state index in [1.54, 1.807) is 0 Å². The highest BCUT2D eigenvalue weighted by Crippen LogP contribution is 2.25. The van der Waals surface area contributed by atoms with Gasteiger partial charge in [0.1, 0.15) is 11.5 Å². The van der Waals surface area contributed by atoms with Gasteiger partial charge in [-0.2, -0.15) is 0 Å². The third-order valence-electron chi connectivity index (χ3n) is 4.79. The number of H-pyrrole nitrogens is 1. The summed E-state index contributed by atoms with van der Waals surface area (Å²) in [4.78, 5) is 22.9. The van der Waals surface area contributed by atoms with E-state index < -0.39 is 0 Å². The Kier molecular flexibility index (Phi) is 4.32. The van der Waals surface area contributed by atoms with Gasteiger partial charge in [-0.25, -0.2) is 4.98 Å². The van der Waals surface area contributed by atoms with Crippen LogP contribution in [0.15, 0.2) is 42.6 Å². The van der Waals surface area contributed by atoms with Gasteiger partial charge in [0.05, 0.1) is 17.9 Å². The van der Waals surface area contributed by atoms with Crippen LogP contribution >= 0.6 is 11.6 Å². The summed E-state index contributed by atoms with van der Waals surface area (Å²) in [5, 5.41) is 0.704. The number of nitrogens with one attached hydrogen (secondary N) is 1. The normalized spacial score (nSPS) is 13.9. The predicted octanol–water partition coefficient (Wildman–Crippen LogP) is 4.31. The molecule has 0 atom stereocenters. The Balaban J connectivity index is 1.57. The van der Waals surface area contributed by atoms with Gasteiger partial charge in [0.2, 0.25) is 0 Å². The zero-order valence-corrected chi connectivity index (χ0v) is 15.6. The molecule has 0 spiro atoms. The molecule has 1 N–H and O–H groups in total. The van der Waals surface area contributed by atoms with Crippen LogP contribution < -0.4 is 0 Å². The lowest BCUT2D eigenvalue weighted by Crippen LogP contribution is -2.37. The van der Waals surface area contributed by atoms with E-state index in [2.05, 4.69) is 18.8 Å². The first-order chi connectivity index (χ1) is 12.5. The first kappa shape index (κ1) is 16.9. The van der Waals surface area contributed by atoms with Crippen molar-refractivity contribution in [2.24, 2.45) is 0 Å². The Morgan fingerprint density at radius 1 is 1.23 bits per heavy atom. The first-order valence-corrected chi connectivity index (χ1v) is 9.20. The Morgan fingerprint density at radius 3 is 2.73 bits per heavy atom. The number of aromatic amines is 1. The number of carbonyl (C=O) groups excluding carboxylic acids is 1. The Morgan fingerprint density at radius 2 is 2.00 bits per heavy atom. The van der Waals surface area contributed by atoms with Crippen LogP contribution in [0.1, 0.15) is 41.8 Å². The second-order valence-corrected chi connectivity index (χ2v) is 7.33. The molecule has 1 amide bonds. The molecule has 1 aliphatic heterocycles. The van der Waals surface area contributed by atoms with E-state index in [0.717, 1.165) is 34.9 Å². The molecule has 134 valence electrons. The van der Waals surface area contributed by atoms with Gasteiger partial charge in [0.25, 0.3) is 5.91 Å². The fourth-order valence-electron chi connectivity index (χ4n) is 3.40. The summed E-state index contributed by atoms with van der Waals surface area (Å²) in [6.07, 6.45) is 2.72. The summed E-state index contributed by atoms with van der Waals surface area (Å²) in [5.41, 5.74) is 3.78. The number of carbonyl (C=O) groups is 1. The van der Waals surface area contributed by atoms with Crippen LogP contribution in [-0.4, -0.2) is 31.9 Å². The molecule has 0 radical (unpaired) electrons. The van der Waals surface area contributed by atoms with Crippen molar-refractivity contribution >= 4 is 17.5 Å². The fourth-order valence-corrected chi connectivity index (χ4v) is 3.52. The summed E-state index contributed by atoms with van der Waals surface area (Å²) >= 11 is 5.96. The lowest BCUT2D eigenvalue weighted by atomic mass is 10.1. The van der Waals surface area contributed by atoms with E-state index in [0.29, 0.717) is 18.1 Å². The third kappa shape index (κ3) is 3.03. The number of hydrogen-bond acceptors (Lipinski definition) is 2. The van der Waals surface area contributed by atoms with E-state index in [4.69, 9.17) is 16.6 Å². The maximum absolute atomic E-state index is 13.0. The van der Waals surface area contributed by atoms with Crippen LogP contribution in [0, 0.1) is 0 Å². The molecule has 5 nitrogen and oxygen atoms in total. The average molecular weight is 369 g/mol. The van der Waals surface area contributed by atoms with E-state index in [9.17, 15) is 4.79 Å². The standard InChI is InChI=1S/C20H21ClN4O/c1-13(2)25-10-3-4-18(25)20(26)24-11-9-16-17(12-24)23-19(22-16)14-5-7-15(21)8-6-14/h3-8,10,13H,9,11-12H2,1-2H3,(H,22,23). The minimum atomic E-state index is 0.0667. The molecule has 2 aromatic heterocycles. The van der Waals surface area contributed by atoms with E-state index in [1.165, 1.54) is 0 Å². The minimum absolute atomic E-state index is 0.0667. The quantitative estimate of drug-likeness (QED) is 0.748. The smallest absolute Gasteiger partial charge is 0.270 e. The number of fused-ring (bicyclic) bond motifs is 1. The van der Waals surface area contributed by atoms with Crippen LogP contribution in [0.4, 0.5) is 0 Å². The molecule has 3 aromatic rings. The number of aromatic nitrogens is 3. The molecule has 0 unspecified atom stereocenters. The molecule has 3 heterocycles. The van der Waals surface area contributed by atoms with Crippen molar-refractivity contribution in [2.75, 3.05) is 6.54 Å². The van der Waals surface area contributed by atoms with E-state index in [1.807, 2.05) is 52.1 Å². The predicted molar refractivity (Wildman–Crippen MR) is 102 cm³/mol. The van der Waals surface area contributed by atoms with Gasteiger partial charge in [0.15, 0.2) is 0 Å². The molecule has 6 heteroatoms. The van der Waals surface area contributed by atoms with Gasteiger partial charge in [-0.3, -0.25) is 4.79 Å². The van der Waals surface area contributed by atoms with Gasteiger partial charge in [-0.15, -0.1) is 0 Å². The molecule has 0 saturated carbocycles. The Hall–Kier alpha value is -2.53.